The van der Waals surface area contributed by atoms with Crippen LogP contribution in [0.25, 0.3) is 0 Å². The number of rotatable bonds is 8. The van der Waals surface area contributed by atoms with Crippen LogP contribution in [0.15, 0.2) is 111 Å². The van der Waals surface area contributed by atoms with E-state index in [-0.39, 0.29) is 85.6 Å². The molecule has 3 amide bonds. The molecule has 0 radical (unpaired) electrons. The predicted octanol–water partition coefficient (Wildman–Crippen LogP) is 7.02. The number of ether oxygens (including phenoxy) is 8. The molecule has 15 atom stereocenters. The van der Waals surface area contributed by atoms with Crippen molar-refractivity contribution in [3.05, 3.63) is 128 Å². The first-order valence-electron chi connectivity index (χ1n) is 34.2. The molecule has 5 aliphatic heterocycles. The largest absolute Gasteiger partial charge is 0.507 e. The van der Waals surface area contributed by atoms with Crippen LogP contribution in [-0.2, 0) is 57.1 Å². The molecule has 0 aromatic heterocycles. The monoisotopic (exact) mass is 1410 g/mol. The number of nitrogens with one attached hydrogen (secondary N) is 3. The van der Waals surface area contributed by atoms with Gasteiger partial charge < -0.3 is 84.9 Å². The summed E-state index contributed by atoms with van der Waals surface area (Å²) >= 11 is 0. The van der Waals surface area contributed by atoms with Gasteiger partial charge >= 0.3 is 17.8 Å². The lowest BCUT2D eigenvalue weighted by atomic mass is 9.78. The van der Waals surface area contributed by atoms with Gasteiger partial charge in [0.1, 0.15) is 35.1 Å². The highest BCUT2D eigenvalue weighted by Gasteiger charge is 2.55. The third-order valence-electron chi connectivity index (χ3n) is 19.9. The standard InChI is InChI=1S/C46H62N4O11.C29H40N2O9/c1-22(2)21-50-18-16-46(17-19-50)48-34-31-32-39(54)28(8)42-33(31)43(56)45(10,61-42)59-20-15-30(58-11)25(5)41(60-29(9)51)27(7)38(53)26(6)37(52)23(3)13-12-14-24(4)44(57)47-36(40(32)55)35(34)49-46;1-15-11-19-25(34)20(14-21(32)27(19)39-7)31-28(35)16(2)9-8-10-22(37-5)26(40-29(30)36)18(4)13-17(3)24(33)23(12-15)38-6/h12-15,20,22-23,25-27,30,37-38,41,49,52-54H,16-19,21H2,1-11H3,(H,47,57);8-10,13-15,17,22-24,26,33H,11-12H2,1-7H3,(H2,30,36)(H,31,35)/b13-12+,20-15+,24-14-;10-8-,16-9+,18-13+/t23-,25+,26+,27+,30-,37-,38+,41+,45-;15-,17+,22+,23+,24-,26+/m01/s1. The van der Waals surface area contributed by atoms with Crippen LogP contribution >= 0.6 is 0 Å². The number of hydrogen-bond acceptors (Lipinski definition) is 23. The molecule has 8 rings (SSSR count). The van der Waals surface area contributed by atoms with Crippen LogP contribution in [0, 0.1) is 48.3 Å². The van der Waals surface area contributed by atoms with Crippen molar-refractivity contribution in [2.24, 2.45) is 52.2 Å². The van der Waals surface area contributed by atoms with E-state index in [2.05, 4.69) is 34.7 Å². The van der Waals surface area contributed by atoms with Crippen molar-refractivity contribution in [1.82, 2.24) is 20.9 Å². The summed E-state index contributed by atoms with van der Waals surface area (Å²) < 4.78 is 45.7. The number of aliphatic hydroxyl groups excluding tert-OH is 3. The van der Waals surface area contributed by atoms with Crippen molar-refractivity contribution in [1.29, 1.82) is 0 Å². The molecule has 1 aromatic carbocycles. The Balaban J connectivity index is 0.000000311. The molecule has 5 heterocycles. The van der Waals surface area contributed by atoms with Crippen LogP contribution in [-0.4, -0.2) is 186 Å². The SMILES string of the molecule is COC1=C2C[C@@H](C)C[C@H](OC)[C@H](O)[C@@H](C)/C=C(\C)[C@H](OC(N)=O)[C@@H](OC)/C=C\C=C(/C)C(=O)NC(=CC1=O)C2=O.CO[C@H]1/C=C/O[C@@]2(C)Oc3c(C)c(O)c4c(c3C2=O)C2=NC3(CCN(CC(C)C)CC3)NC2=C(NC(=O)/C(C)=C\C=C\[C@H](C)[C@H](O)[C@@H](C)[C@@H](O)[C@@H](C)[C@H](OC(C)=O)[C@@H]1C)C4=O. The topological polar surface area (TPSA) is 369 Å². The van der Waals surface area contributed by atoms with Crippen molar-refractivity contribution >= 4 is 52.7 Å². The minimum Gasteiger partial charge on any atom is -0.507 e. The molecule has 1 aromatic rings. The van der Waals surface area contributed by atoms with Gasteiger partial charge in [-0.15, -0.1) is 0 Å². The quantitative estimate of drug-likeness (QED) is 0.0736. The molecule has 7 bridgehead atoms. The van der Waals surface area contributed by atoms with Crippen molar-refractivity contribution < 1.29 is 96.7 Å². The summed E-state index contributed by atoms with van der Waals surface area (Å²) in [5.41, 5.74) is 5.93. The van der Waals surface area contributed by atoms with Gasteiger partial charge in [-0.3, -0.25) is 38.6 Å². The summed E-state index contributed by atoms with van der Waals surface area (Å²) in [6.07, 6.45) is 8.67. The molecular formula is C75H102N6O20. The number of carbonyl (C=O) groups excluding carboxylic acids is 8. The predicted molar refractivity (Wildman–Crippen MR) is 373 cm³/mol. The van der Waals surface area contributed by atoms with Crippen molar-refractivity contribution in [3.63, 3.8) is 0 Å². The van der Waals surface area contributed by atoms with E-state index >= 15 is 0 Å². The fourth-order valence-corrected chi connectivity index (χ4v) is 14.1. The fraction of sp³-hybridized carbons (Fsp3) is 0.560. The second kappa shape index (κ2) is 33.6. The average molecular weight is 1410 g/mol. The Labute approximate surface area is 590 Å². The Morgan fingerprint density at radius 3 is 1.96 bits per heavy atom. The van der Waals surface area contributed by atoms with E-state index in [9.17, 15) is 58.8 Å². The zero-order chi connectivity index (χ0) is 75.0. The minimum atomic E-state index is -1.97. The summed E-state index contributed by atoms with van der Waals surface area (Å²) in [7, 11) is 5.68. The second-order valence-electron chi connectivity index (χ2n) is 28.1. The lowest BCUT2D eigenvalue weighted by molar-refractivity contribution is -0.160. The fourth-order valence-electron chi connectivity index (χ4n) is 14.1. The Morgan fingerprint density at radius 1 is 0.752 bits per heavy atom. The van der Waals surface area contributed by atoms with Crippen LogP contribution in [0.3, 0.4) is 0 Å². The molecule has 26 nitrogen and oxygen atoms in total. The number of amides is 3. The van der Waals surface area contributed by atoms with E-state index < -0.39 is 143 Å². The molecule has 26 heteroatoms. The third kappa shape index (κ3) is 17.8. The van der Waals surface area contributed by atoms with Gasteiger partial charge in [0.2, 0.25) is 17.3 Å². The molecule has 101 heavy (non-hydrogen) atoms. The highest BCUT2D eigenvalue weighted by atomic mass is 16.7. The molecule has 0 unspecified atom stereocenters. The van der Waals surface area contributed by atoms with Crippen molar-refractivity contribution in [2.75, 3.05) is 48.1 Å². The molecule has 552 valence electrons. The van der Waals surface area contributed by atoms with Gasteiger partial charge in [-0.1, -0.05) is 97.9 Å². The number of esters is 1. The smallest absolute Gasteiger partial charge is 0.405 e. The second-order valence-corrected chi connectivity index (χ2v) is 28.1. The average Bonchev–Trinajstić information content (AvgIpc) is 1.56. The summed E-state index contributed by atoms with van der Waals surface area (Å²) in [5, 5.41) is 54.7. The molecule has 2 aliphatic carbocycles. The lowest BCUT2D eigenvalue weighted by Gasteiger charge is -2.38. The van der Waals surface area contributed by atoms with Gasteiger partial charge in [-0.25, -0.2) is 4.79 Å². The van der Waals surface area contributed by atoms with E-state index in [1.807, 2.05) is 6.92 Å². The highest BCUT2D eigenvalue weighted by molar-refractivity contribution is 6.34. The third-order valence-corrected chi connectivity index (χ3v) is 19.9. The van der Waals surface area contributed by atoms with Gasteiger partial charge in [-0.05, 0) is 64.0 Å². The van der Waals surface area contributed by atoms with E-state index in [0.717, 1.165) is 25.7 Å². The number of phenolic OH excluding ortho intramolecular Hbond substituents is 1. The number of hydrogen-bond donors (Lipinski definition) is 8. The number of ketones is 4. The lowest BCUT2D eigenvalue weighted by Crippen LogP contribution is -2.50. The number of carbonyl (C=O) groups is 8. The number of fused-ring (bicyclic) bond motifs is 5. The summed E-state index contributed by atoms with van der Waals surface area (Å²) in [5.74, 6) is -9.17. The summed E-state index contributed by atoms with van der Waals surface area (Å²) in [6.45, 7) is 26.4. The van der Waals surface area contributed by atoms with E-state index in [4.69, 9.17) is 48.6 Å². The van der Waals surface area contributed by atoms with Gasteiger partial charge in [0.15, 0.2) is 11.9 Å². The van der Waals surface area contributed by atoms with Gasteiger partial charge in [0.05, 0.1) is 72.1 Å². The zero-order valence-electron chi connectivity index (χ0n) is 61.2. The number of Topliss-reactive ketones (excluding diaryl/α,β-unsaturated/α-hetero) is 3. The normalized spacial score (nSPS) is 33.4. The number of allylic oxidation sites excluding steroid dienone is 8. The molecule has 1 fully saturated rings. The maximum absolute atomic E-state index is 14.7. The number of likely N-dealkylation sites (tertiary alicyclic amines) is 1. The van der Waals surface area contributed by atoms with Gasteiger partial charge in [-0.2, -0.15) is 0 Å². The van der Waals surface area contributed by atoms with Crippen LogP contribution in [0.2, 0.25) is 0 Å². The number of piperidine rings is 1. The number of phenols is 1. The maximum Gasteiger partial charge on any atom is 0.405 e. The number of nitrogens with two attached hydrogens (primary N) is 1. The van der Waals surface area contributed by atoms with Crippen molar-refractivity contribution in [3.8, 4) is 11.5 Å². The number of aliphatic imine (C=N–C) groups is 1. The Bertz CT molecular complexity index is 3710. The Hall–Kier alpha value is -8.37. The summed E-state index contributed by atoms with van der Waals surface area (Å²) in [6, 6.07) is 0. The molecule has 0 saturated carbocycles. The van der Waals surface area contributed by atoms with Crippen molar-refractivity contribution in [2.45, 2.75) is 183 Å². The molecule has 1 spiro atoms. The minimum absolute atomic E-state index is 0.0164. The molecule has 9 N–H and O–H groups in total. The number of methoxy groups -OCH3 is 4. The highest BCUT2D eigenvalue weighted by Crippen LogP contribution is 2.50. The first-order chi connectivity index (χ1) is 47.5. The van der Waals surface area contributed by atoms with Crippen LogP contribution in [0.4, 0.5) is 4.79 Å². The van der Waals surface area contributed by atoms with Crippen LogP contribution in [0.1, 0.15) is 148 Å². The summed E-state index contributed by atoms with van der Waals surface area (Å²) in [4.78, 5) is 114. The number of aliphatic hydroxyl groups is 3. The first kappa shape index (κ1) is 79.9. The number of nitrogens with zero attached hydrogens (tertiary/aromatic N) is 2. The molecule has 1 saturated heterocycles. The van der Waals surface area contributed by atoms with Gasteiger partial charge in [0.25, 0.3) is 17.6 Å². The van der Waals surface area contributed by atoms with Gasteiger partial charge in [0, 0.05) is 131 Å². The number of benzene rings is 1. The number of primary amides is 1. The molecule has 7 aliphatic rings. The Morgan fingerprint density at radius 2 is 1.38 bits per heavy atom. The van der Waals surface area contributed by atoms with Crippen LogP contribution in [0.5, 0.6) is 11.5 Å². The Kier molecular flexibility index (Phi) is 26.6. The van der Waals surface area contributed by atoms with E-state index in [0.29, 0.717) is 30.8 Å². The van der Waals surface area contributed by atoms with E-state index in [1.165, 1.54) is 68.5 Å². The first-order valence-corrected chi connectivity index (χ1v) is 34.2. The van der Waals surface area contributed by atoms with E-state index in [1.54, 1.807) is 91.0 Å². The maximum atomic E-state index is 14.7. The number of aromatic hydroxyl groups is 1. The zero-order valence-corrected chi connectivity index (χ0v) is 61.2. The van der Waals surface area contributed by atoms with Crippen LogP contribution < -0.4 is 26.4 Å². The molecular weight excluding hydrogens is 1300 g/mol.